The summed E-state index contributed by atoms with van der Waals surface area (Å²) < 4.78 is 6.08. The van der Waals surface area contributed by atoms with Gasteiger partial charge in [0.25, 0.3) is 0 Å². The Balaban J connectivity index is 1.57. The summed E-state index contributed by atoms with van der Waals surface area (Å²) in [6, 6.07) is 1.60. The van der Waals surface area contributed by atoms with E-state index in [9.17, 15) is 24.0 Å². The third-order valence-corrected chi connectivity index (χ3v) is 10.6. The van der Waals surface area contributed by atoms with Gasteiger partial charge in [0.15, 0.2) is 0 Å². The number of aliphatic carboxylic acids is 2. The lowest BCUT2D eigenvalue weighted by molar-refractivity contribution is -0.140. The van der Waals surface area contributed by atoms with Gasteiger partial charge < -0.3 is 31.3 Å². The number of carbonyl (C=O) groups is 5. The molecule has 4 atom stereocenters. The second-order valence-electron chi connectivity index (χ2n) is 12.0. The number of esters is 1. The summed E-state index contributed by atoms with van der Waals surface area (Å²) in [6.07, 6.45) is 12.2. The monoisotopic (exact) mass is 642 g/mol. The van der Waals surface area contributed by atoms with Crippen LogP contribution in [0.2, 0.25) is 0 Å². The fourth-order valence-corrected chi connectivity index (χ4v) is 8.20. The average molecular weight is 643 g/mol. The Bertz CT molecular complexity index is 1340. The lowest BCUT2D eigenvalue weighted by atomic mass is 9.76. The molecule has 45 heavy (non-hydrogen) atoms. The van der Waals surface area contributed by atoms with E-state index in [1.54, 1.807) is 12.4 Å². The van der Waals surface area contributed by atoms with Crippen LogP contribution in [0.15, 0.2) is 47.5 Å². The predicted octanol–water partition coefficient (Wildman–Crippen LogP) is 2.72. The molecule has 12 nitrogen and oxygen atoms in total. The largest absolute Gasteiger partial charge is 0.480 e. The van der Waals surface area contributed by atoms with Crippen LogP contribution < -0.4 is 16.4 Å². The predicted molar refractivity (Wildman–Crippen MR) is 167 cm³/mol. The molecule has 2 aliphatic carbocycles. The third kappa shape index (κ3) is 8.72. The Morgan fingerprint density at radius 1 is 1.16 bits per heavy atom. The molecule has 1 aromatic heterocycles. The van der Waals surface area contributed by atoms with Crippen LogP contribution in [0, 0.1) is 11.3 Å². The van der Waals surface area contributed by atoms with Gasteiger partial charge in [0.1, 0.15) is 30.3 Å². The topological polar surface area (TPSA) is 198 Å². The Morgan fingerprint density at radius 3 is 2.51 bits per heavy atom. The lowest BCUT2D eigenvalue weighted by Gasteiger charge is -2.38. The zero-order valence-electron chi connectivity index (χ0n) is 25.5. The number of hydrogen-bond acceptors (Lipinski definition) is 9. The molecule has 13 heteroatoms. The highest BCUT2D eigenvalue weighted by Crippen LogP contribution is 2.54. The van der Waals surface area contributed by atoms with Gasteiger partial charge in [-0.25, -0.2) is 0 Å². The van der Waals surface area contributed by atoms with Crippen molar-refractivity contribution in [1.29, 1.82) is 0 Å². The van der Waals surface area contributed by atoms with Crippen LogP contribution in [0.1, 0.15) is 70.3 Å². The van der Waals surface area contributed by atoms with E-state index < -0.39 is 48.3 Å². The molecule has 3 aliphatic rings. The van der Waals surface area contributed by atoms with Crippen molar-refractivity contribution in [2.75, 3.05) is 12.3 Å². The van der Waals surface area contributed by atoms with Crippen LogP contribution in [-0.4, -0.2) is 74.6 Å². The van der Waals surface area contributed by atoms with Crippen molar-refractivity contribution in [2.45, 2.75) is 88.5 Å². The summed E-state index contributed by atoms with van der Waals surface area (Å²) in [6.45, 7) is 1.50. The Morgan fingerprint density at radius 2 is 1.87 bits per heavy atom. The number of hydrogen-bond donors (Lipinski definition) is 5. The van der Waals surface area contributed by atoms with E-state index in [0.717, 1.165) is 56.1 Å². The number of aromatic nitrogens is 1. The number of carbonyl (C=O) groups excluding carboxylic acids is 3. The fourth-order valence-electron chi connectivity index (χ4n) is 6.48. The standard InChI is InChI=1S/C32H42N4O8S/c1-2-32(11-3-4-12-32)28(27-21-6-5-20(16-22(21)31(43)44-27)15-19-9-13-34-14-10-19)45-18-24(29(40)35-17-26(38)39)36-25(37)8-7-23(33)30(41)42/h9-10,13-14,16,22-24,28H,2-8,11-12,15,17-18,33H2,1H3,(H,35,40)(H,36,37)(H,38,39)(H,41,42)/t22-,23+,24+,28+/m1/s1. The quantitative estimate of drug-likeness (QED) is 0.131. The number of pyridine rings is 1. The number of allylic oxidation sites excluding steroid dienone is 1. The number of carboxylic acid groups (broad SMARTS) is 2. The Hall–Kier alpha value is -3.71. The van der Waals surface area contributed by atoms with E-state index in [1.165, 1.54) is 17.3 Å². The normalized spacial score (nSPS) is 20.8. The van der Waals surface area contributed by atoms with Crippen LogP contribution >= 0.6 is 11.8 Å². The van der Waals surface area contributed by atoms with Crippen molar-refractivity contribution in [3.8, 4) is 0 Å². The number of thioether (sulfide) groups is 1. The number of rotatable bonds is 16. The summed E-state index contributed by atoms with van der Waals surface area (Å²) in [4.78, 5) is 65.4. The number of ether oxygens (including phenoxy) is 1. The second kappa shape index (κ2) is 15.5. The summed E-state index contributed by atoms with van der Waals surface area (Å²) in [5.74, 6) is -3.72. The molecule has 0 radical (unpaired) electrons. The number of nitrogens with zero attached hydrogens (tertiary/aromatic N) is 1. The van der Waals surface area contributed by atoms with Gasteiger partial charge in [-0.15, -0.1) is 11.8 Å². The molecule has 1 aromatic rings. The first-order valence-electron chi connectivity index (χ1n) is 15.4. The molecule has 1 fully saturated rings. The van der Waals surface area contributed by atoms with Crippen LogP contribution in [0.4, 0.5) is 0 Å². The van der Waals surface area contributed by atoms with Crippen molar-refractivity contribution >= 4 is 41.5 Å². The van der Waals surface area contributed by atoms with Crippen molar-refractivity contribution < 1.29 is 38.9 Å². The number of nitrogens with two attached hydrogens (primary N) is 1. The summed E-state index contributed by atoms with van der Waals surface area (Å²) in [5.41, 5.74) is 8.62. The number of carboxylic acids is 2. The zero-order chi connectivity index (χ0) is 32.6. The first kappa shape index (κ1) is 34.2. The van der Waals surface area contributed by atoms with Crippen LogP contribution in [-0.2, 0) is 35.1 Å². The number of cyclic esters (lactones) is 1. The van der Waals surface area contributed by atoms with Crippen molar-refractivity contribution in [2.24, 2.45) is 17.1 Å². The highest BCUT2D eigenvalue weighted by atomic mass is 32.2. The molecule has 0 aromatic carbocycles. The molecule has 2 amide bonds. The zero-order valence-corrected chi connectivity index (χ0v) is 26.3. The van der Waals surface area contributed by atoms with Gasteiger partial charge in [-0.2, -0.15) is 0 Å². The number of nitrogens with one attached hydrogen (secondary N) is 2. The second-order valence-corrected chi connectivity index (χ2v) is 13.1. The summed E-state index contributed by atoms with van der Waals surface area (Å²) in [5, 5.41) is 22.9. The summed E-state index contributed by atoms with van der Waals surface area (Å²) >= 11 is 1.44. The van der Waals surface area contributed by atoms with Crippen molar-refractivity contribution in [3.05, 3.63) is 53.1 Å². The highest BCUT2D eigenvalue weighted by molar-refractivity contribution is 8.00. The maximum atomic E-state index is 13.3. The molecule has 0 spiro atoms. The van der Waals surface area contributed by atoms with E-state index in [4.69, 9.17) is 20.7 Å². The van der Waals surface area contributed by atoms with Gasteiger partial charge in [0.05, 0.1) is 5.25 Å². The first-order chi connectivity index (χ1) is 21.5. The van der Waals surface area contributed by atoms with Crippen LogP contribution in [0.3, 0.4) is 0 Å². The molecule has 4 rings (SSSR count). The number of fused-ring (bicyclic) bond motifs is 1. The molecule has 0 saturated heterocycles. The number of amides is 2. The van der Waals surface area contributed by atoms with Crippen LogP contribution in [0.5, 0.6) is 0 Å². The van der Waals surface area contributed by atoms with Gasteiger partial charge in [0.2, 0.25) is 11.8 Å². The first-order valence-corrected chi connectivity index (χ1v) is 16.5. The van der Waals surface area contributed by atoms with Crippen molar-refractivity contribution in [1.82, 2.24) is 15.6 Å². The molecule has 0 unspecified atom stereocenters. The molecule has 2 heterocycles. The average Bonchev–Trinajstić information content (AvgIpc) is 3.64. The maximum absolute atomic E-state index is 13.3. The molecule has 1 saturated carbocycles. The molecule has 6 N–H and O–H groups in total. The van der Waals surface area contributed by atoms with Gasteiger partial charge in [-0.05, 0) is 73.6 Å². The fraction of sp³-hybridized carbons (Fsp3) is 0.562. The van der Waals surface area contributed by atoms with Gasteiger partial charge in [-0.3, -0.25) is 29.0 Å². The minimum absolute atomic E-state index is 0.0940. The van der Waals surface area contributed by atoms with Gasteiger partial charge in [0, 0.05) is 24.6 Å². The Labute approximate surface area is 266 Å². The SMILES string of the molecule is CCC1([C@@H](SC[C@H](NC(=O)CC[C@H](N)C(=O)O)C(=O)NCC(=O)O)C2=C3CCC(Cc4ccncc4)=C[C@H]3C(=O)O2)CCCC1. The molecule has 1 aliphatic heterocycles. The smallest absolute Gasteiger partial charge is 0.322 e. The van der Waals surface area contributed by atoms with Crippen molar-refractivity contribution in [3.63, 3.8) is 0 Å². The molecule has 244 valence electrons. The highest BCUT2D eigenvalue weighted by Gasteiger charge is 2.48. The van der Waals surface area contributed by atoms with E-state index in [1.807, 2.05) is 18.2 Å². The summed E-state index contributed by atoms with van der Waals surface area (Å²) in [7, 11) is 0. The Kier molecular flexibility index (Phi) is 11.8. The maximum Gasteiger partial charge on any atom is 0.322 e. The van der Waals surface area contributed by atoms with Crippen LogP contribution in [0.25, 0.3) is 0 Å². The van der Waals surface area contributed by atoms with Gasteiger partial charge >= 0.3 is 17.9 Å². The van der Waals surface area contributed by atoms with E-state index in [0.29, 0.717) is 12.2 Å². The lowest BCUT2D eigenvalue weighted by Crippen LogP contribution is -2.50. The minimum atomic E-state index is -1.24. The third-order valence-electron chi connectivity index (χ3n) is 9.05. The molecule has 0 bridgehead atoms. The van der Waals surface area contributed by atoms with E-state index >= 15 is 0 Å². The van der Waals surface area contributed by atoms with E-state index in [2.05, 4.69) is 22.5 Å². The molecular formula is C32H42N4O8S. The van der Waals surface area contributed by atoms with Gasteiger partial charge in [-0.1, -0.05) is 31.4 Å². The minimum Gasteiger partial charge on any atom is -0.480 e. The van der Waals surface area contributed by atoms with E-state index in [-0.39, 0.29) is 35.2 Å². The molecular weight excluding hydrogens is 600 g/mol.